The Morgan fingerprint density at radius 1 is 1.50 bits per heavy atom. The topological polar surface area (TPSA) is 104 Å². The zero-order valence-corrected chi connectivity index (χ0v) is 11.4. The molecule has 1 aliphatic carbocycles. The Labute approximate surface area is 116 Å². The SMILES string of the molecule is Cc1cc(NC(=O)CNCC2CCCC2C(=O)O)no1. The van der Waals surface area contributed by atoms with Crippen LogP contribution in [0.25, 0.3) is 0 Å². The number of aromatic nitrogens is 1. The van der Waals surface area contributed by atoms with Crippen LogP contribution in [0, 0.1) is 18.8 Å². The van der Waals surface area contributed by atoms with E-state index in [1.165, 1.54) is 0 Å². The summed E-state index contributed by atoms with van der Waals surface area (Å²) in [6, 6.07) is 1.63. The molecular formula is C13H19N3O4. The van der Waals surface area contributed by atoms with Gasteiger partial charge < -0.3 is 20.3 Å². The summed E-state index contributed by atoms with van der Waals surface area (Å²) < 4.78 is 4.84. The van der Waals surface area contributed by atoms with Crippen LogP contribution in [-0.4, -0.2) is 35.2 Å². The number of amides is 1. The summed E-state index contributed by atoms with van der Waals surface area (Å²) in [6.07, 6.45) is 2.56. The first-order valence-electron chi connectivity index (χ1n) is 6.73. The van der Waals surface area contributed by atoms with Crippen LogP contribution in [0.5, 0.6) is 0 Å². The molecule has 0 saturated heterocycles. The van der Waals surface area contributed by atoms with Crippen molar-refractivity contribution < 1.29 is 19.2 Å². The molecule has 1 fully saturated rings. The number of aliphatic carboxylic acids is 1. The Morgan fingerprint density at radius 2 is 2.30 bits per heavy atom. The molecule has 1 amide bonds. The maximum atomic E-state index is 11.6. The summed E-state index contributed by atoms with van der Waals surface area (Å²) in [5, 5.41) is 18.3. The van der Waals surface area contributed by atoms with Crippen molar-refractivity contribution in [1.29, 1.82) is 0 Å². The Kier molecular flexibility index (Phi) is 4.73. The first-order chi connectivity index (χ1) is 9.56. The molecule has 0 spiro atoms. The normalized spacial score (nSPS) is 21.9. The van der Waals surface area contributed by atoms with Crippen molar-refractivity contribution in [3.63, 3.8) is 0 Å². The zero-order chi connectivity index (χ0) is 14.5. The molecule has 110 valence electrons. The Bertz CT molecular complexity index is 486. The molecule has 2 unspecified atom stereocenters. The Hall–Kier alpha value is -1.89. The molecule has 7 heteroatoms. The standard InChI is InChI=1S/C13H19N3O4/c1-8-5-11(16-20-8)15-12(17)7-14-6-9-3-2-4-10(9)13(18)19/h5,9-10,14H,2-4,6-7H2,1H3,(H,18,19)(H,15,16,17). The number of carbonyl (C=O) groups excluding carboxylic acids is 1. The van der Waals surface area contributed by atoms with Gasteiger partial charge in [0, 0.05) is 6.07 Å². The fraction of sp³-hybridized carbons (Fsp3) is 0.615. The molecule has 1 saturated carbocycles. The lowest BCUT2D eigenvalue weighted by Gasteiger charge is -2.15. The monoisotopic (exact) mass is 281 g/mol. The van der Waals surface area contributed by atoms with Crippen molar-refractivity contribution in [3.05, 3.63) is 11.8 Å². The van der Waals surface area contributed by atoms with Gasteiger partial charge in [0.15, 0.2) is 5.82 Å². The second-order valence-electron chi connectivity index (χ2n) is 5.14. The van der Waals surface area contributed by atoms with Gasteiger partial charge in [0.25, 0.3) is 0 Å². The van der Waals surface area contributed by atoms with Gasteiger partial charge in [-0.25, -0.2) is 0 Å². The van der Waals surface area contributed by atoms with E-state index in [9.17, 15) is 9.59 Å². The van der Waals surface area contributed by atoms with Gasteiger partial charge in [0.2, 0.25) is 5.91 Å². The Morgan fingerprint density at radius 3 is 2.95 bits per heavy atom. The number of hydrogen-bond acceptors (Lipinski definition) is 5. The fourth-order valence-electron chi connectivity index (χ4n) is 2.59. The lowest BCUT2D eigenvalue weighted by Crippen LogP contribution is -2.34. The summed E-state index contributed by atoms with van der Waals surface area (Å²) >= 11 is 0. The second kappa shape index (κ2) is 6.51. The van der Waals surface area contributed by atoms with E-state index in [4.69, 9.17) is 9.63 Å². The average Bonchev–Trinajstić information content (AvgIpc) is 2.98. The number of aryl methyl sites for hydroxylation is 1. The molecule has 2 atom stereocenters. The van der Waals surface area contributed by atoms with Gasteiger partial charge in [0.1, 0.15) is 5.76 Å². The highest BCUT2D eigenvalue weighted by atomic mass is 16.5. The van der Waals surface area contributed by atoms with E-state index < -0.39 is 5.97 Å². The number of anilines is 1. The van der Waals surface area contributed by atoms with Crippen LogP contribution >= 0.6 is 0 Å². The molecule has 1 heterocycles. The van der Waals surface area contributed by atoms with Gasteiger partial charge in [-0.2, -0.15) is 0 Å². The largest absolute Gasteiger partial charge is 0.481 e. The molecule has 1 aliphatic rings. The molecule has 1 aromatic heterocycles. The van der Waals surface area contributed by atoms with Crippen molar-refractivity contribution in [3.8, 4) is 0 Å². The van der Waals surface area contributed by atoms with Crippen molar-refractivity contribution in [2.75, 3.05) is 18.4 Å². The van der Waals surface area contributed by atoms with Crippen molar-refractivity contribution in [1.82, 2.24) is 10.5 Å². The summed E-state index contributed by atoms with van der Waals surface area (Å²) in [7, 11) is 0. The third kappa shape index (κ3) is 3.80. The molecule has 3 N–H and O–H groups in total. The third-order valence-corrected chi connectivity index (χ3v) is 3.56. The van der Waals surface area contributed by atoms with Crippen LogP contribution in [0.4, 0.5) is 5.82 Å². The number of nitrogens with zero attached hydrogens (tertiary/aromatic N) is 1. The van der Waals surface area contributed by atoms with Crippen LogP contribution < -0.4 is 10.6 Å². The quantitative estimate of drug-likeness (QED) is 0.719. The molecule has 0 aromatic carbocycles. The third-order valence-electron chi connectivity index (χ3n) is 3.56. The highest BCUT2D eigenvalue weighted by Gasteiger charge is 2.32. The van der Waals surface area contributed by atoms with Gasteiger partial charge in [0.05, 0.1) is 12.5 Å². The maximum Gasteiger partial charge on any atom is 0.306 e. The molecule has 0 radical (unpaired) electrons. The van der Waals surface area contributed by atoms with Crippen LogP contribution in [0.15, 0.2) is 10.6 Å². The summed E-state index contributed by atoms with van der Waals surface area (Å²) in [6.45, 7) is 2.42. The molecule has 2 rings (SSSR count). The van der Waals surface area contributed by atoms with Gasteiger partial charge >= 0.3 is 5.97 Å². The first kappa shape index (κ1) is 14.5. The highest BCUT2D eigenvalue weighted by Crippen LogP contribution is 2.31. The zero-order valence-electron chi connectivity index (χ0n) is 11.4. The van der Waals surface area contributed by atoms with Crippen LogP contribution in [0.1, 0.15) is 25.0 Å². The second-order valence-corrected chi connectivity index (χ2v) is 5.14. The summed E-state index contributed by atoms with van der Waals surface area (Å²) in [5.41, 5.74) is 0. The molecule has 0 aliphatic heterocycles. The lowest BCUT2D eigenvalue weighted by atomic mass is 9.96. The van der Waals surface area contributed by atoms with E-state index in [0.29, 0.717) is 18.1 Å². The number of carboxylic acid groups (broad SMARTS) is 1. The molecular weight excluding hydrogens is 262 g/mol. The predicted octanol–water partition coefficient (Wildman–Crippen LogP) is 1.01. The molecule has 1 aromatic rings. The first-order valence-corrected chi connectivity index (χ1v) is 6.73. The average molecular weight is 281 g/mol. The molecule has 20 heavy (non-hydrogen) atoms. The van der Waals surface area contributed by atoms with Crippen LogP contribution in [-0.2, 0) is 9.59 Å². The predicted molar refractivity (Wildman–Crippen MR) is 71.2 cm³/mol. The van der Waals surface area contributed by atoms with Crippen LogP contribution in [0.3, 0.4) is 0 Å². The lowest BCUT2D eigenvalue weighted by molar-refractivity contribution is -0.142. The van der Waals surface area contributed by atoms with E-state index in [1.54, 1.807) is 13.0 Å². The van der Waals surface area contributed by atoms with Gasteiger partial charge in [-0.15, -0.1) is 0 Å². The van der Waals surface area contributed by atoms with Gasteiger partial charge in [-0.1, -0.05) is 11.6 Å². The van der Waals surface area contributed by atoms with Crippen molar-refractivity contribution in [2.24, 2.45) is 11.8 Å². The van der Waals surface area contributed by atoms with E-state index >= 15 is 0 Å². The van der Waals surface area contributed by atoms with Crippen molar-refractivity contribution in [2.45, 2.75) is 26.2 Å². The van der Waals surface area contributed by atoms with Crippen molar-refractivity contribution >= 4 is 17.7 Å². The number of rotatable bonds is 6. The van der Waals surface area contributed by atoms with E-state index in [0.717, 1.165) is 19.3 Å². The maximum absolute atomic E-state index is 11.6. The number of carbonyl (C=O) groups is 2. The minimum absolute atomic E-state index is 0.106. The Balaban J connectivity index is 1.70. The van der Waals surface area contributed by atoms with Gasteiger partial charge in [-0.05, 0) is 32.2 Å². The van der Waals surface area contributed by atoms with E-state index in [1.807, 2.05) is 0 Å². The minimum Gasteiger partial charge on any atom is -0.481 e. The summed E-state index contributed by atoms with van der Waals surface area (Å²) in [5.74, 6) is -0.125. The smallest absolute Gasteiger partial charge is 0.306 e. The fourth-order valence-corrected chi connectivity index (χ4v) is 2.59. The van der Waals surface area contributed by atoms with Crippen LogP contribution in [0.2, 0.25) is 0 Å². The summed E-state index contributed by atoms with van der Waals surface area (Å²) in [4.78, 5) is 22.7. The van der Waals surface area contributed by atoms with E-state index in [-0.39, 0.29) is 24.3 Å². The highest BCUT2D eigenvalue weighted by molar-refractivity contribution is 5.91. The van der Waals surface area contributed by atoms with E-state index in [2.05, 4.69) is 15.8 Å². The number of hydrogen-bond donors (Lipinski definition) is 3. The van der Waals surface area contributed by atoms with Gasteiger partial charge in [-0.3, -0.25) is 9.59 Å². The molecule has 0 bridgehead atoms. The number of carboxylic acids is 1. The number of nitrogens with one attached hydrogen (secondary N) is 2. The minimum atomic E-state index is -0.739. The molecule has 7 nitrogen and oxygen atoms in total.